The summed E-state index contributed by atoms with van der Waals surface area (Å²) in [4.78, 5) is 0.447. The lowest BCUT2D eigenvalue weighted by Crippen LogP contribution is -1.79. The van der Waals surface area contributed by atoms with Gasteiger partial charge in [0.1, 0.15) is 0 Å². The lowest BCUT2D eigenvalue weighted by atomic mass is 10.2. The minimum Gasteiger partial charge on any atom is -0.0848 e. The molecule has 0 aliphatic carbocycles. The van der Waals surface area contributed by atoms with Crippen molar-refractivity contribution >= 4 is 22.0 Å². The van der Waals surface area contributed by atoms with E-state index in [4.69, 9.17) is 0 Å². The molecule has 0 nitrogen and oxygen atoms in total. The number of benzene rings is 1. The SMILES string of the molecule is CC(Br)C=Cc1ccccc1. The molecule has 0 aromatic heterocycles. The molecule has 0 aliphatic rings. The molecule has 0 fully saturated rings. The molecule has 0 N–H and O–H groups in total. The van der Waals surface area contributed by atoms with E-state index in [9.17, 15) is 0 Å². The molecule has 1 unspecified atom stereocenters. The van der Waals surface area contributed by atoms with Crippen LogP contribution in [-0.4, -0.2) is 4.83 Å². The third kappa shape index (κ3) is 3.38. The quantitative estimate of drug-likeness (QED) is 0.657. The molecule has 11 heavy (non-hydrogen) atoms. The van der Waals surface area contributed by atoms with Gasteiger partial charge >= 0.3 is 0 Å². The van der Waals surface area contributed by atoms with E-state index in [-0.39, 0.29) is 0 Å². The predicted octanol–water partition coefficient (Wildman–Crippen LogP) is 3.48. The minimum absolute atomic E-state index is 0.447. The highest BCUT2D eigenvalue weighted by Crippen LogP contribution is 2.05. The summed E-state index contributed by atoms with van der Waals surface area (Å²) in [7, 11) is 0. The average molecular weight is 211 g/mol. The van der Waals surface area contributed by atoms with Crippen molar-refractivity contribution in [2.75, 3.05) is 0 Å². The molecule has 0 spiro atoms. The fraction of sp³-hybridized carbons (Fsp3) is 0.200. The smallest absolute Gasteiger partial charge is 0.0300 e. The van der Waals surface area contributed by atoms with Crippen molar-refractivity contribution in [1.29, 1.82) is 0 Å². The Morgan fingerprint density at radius 2 is 1.91 bits per heavy atom. The van der Waals surface area contributed by atoms with Gasteiger partial charge in [-0.25, -0.2) is 0 Å². The van der Waals surface area contributed by atoms with Gasteiger partial charge in [-0.2, -0.15) is 0 Å². The molecule has 1 rings (SSSR count). The van der Waals surface area contributed by atoms with Crippen molar-refractivity contribution in [3.63, 3.8) is 0 Å². The first-order chi connectivity index (χ1) is 5.29. The summed E-state index contributed by atoms with van der Waals surface area (Å²) in [6.07, 6.45) is 4.23. The molecule has 1 aromatic rings. The summed E-state index contributed by atoms with van der Waals surface area (Å²) in [5.74, 6) is 0. The Kier molecular flexibility index (Phi) is 3.37. The Labute approximate surface area is 76.1 Å². The number of halogens is 1. The molecular weight excluding hydrogens is 200 g/mol. The van der Waals surface area contributed by atoms with Crippen molar-refractivity contribution in [2.24, 2.45) is 0 Å². The van der Waals surface area contributed by atoms with Gasteiger partial charge in [0, 0.05) is 4.83 Å². The zero-order valence-electron chi connectivity index (χ0n) is 6.50. The normalized spacial score (nSPS) is 13.6. The molecule has 0 saturated heterocycles. The summed E-state index contributed by atoms with van der Waals surface area (Å²) >= 11 is 3.45. The molecule has 0 saturated carbocycles. The highest BCUT2D eigenvalue weighted by atomic mass is 79.9. The van der Waals surface area contributed by atoms with E-state index < -0.39 is 0 Å². The lowest BCUT2D eigenvalue weighted by Gasteiger charge is -1.92. The molecule has 0 bridgehead atoms. The van der Waals surface area contributed by atoms with Crippen LogP contribution in [0.3, 0.4) is 0 Å². The molecule has 1 atom stereocenters. The summed E-state index contributed by atoms with van der Waals surface area (Å²) in [5.41, 5.74) is 1.25. The van der Waals surface area contributed by atoms with Crippen molar-refractivity contribution in [1.82, 2.24) is 0 Å². The van der Waals surface area contributed by atoms with Crippen LogP contribution in [0, 0.1) is 0 Å². The fourth-order valence-corrected chi connectivity index (χ4v) is 0.960. The Morgan fingerprint density at radius 3 is 2.45 bits per heavy atom. The second-order valence-corrected chi connectivity index (χ2v) is 3.89. The number of alkyl halides is 1. The van der Waals surface area contributed by atoms with E-state index in [1.54, 1.807) is 0 Å². The predicted molar refractivity (Wildman–Crippen MR) is 53.9 cm³/mol. The summed E-state index contributed by atoms with van der Waals surface area (Å²) in [6.45, 7) is 2.10. The second-order valence-electron chi connectivity index (χ2n) is 2.45. The minimum atomic E-state index is 0.447. The summed E-state index contributed by atoms with van der Waals surface area (Å²) in [5, 5.41) is 0. The van der Waals surface area contributed by atoms with Crippen LogP contribution in [-0.2, 0) is 0 Å². The Bertz CT molecular complexity index is 224. The Hall–Kier alpha value is -0.560. The van der Waals surface area contributed by atoms with Crippen molar-refractivity contribution in [2.45, 2.75) is 11.8 Å². The van der Waals surface area contributed by atoms with Crippen LogP contribution in [0.1, 0.15) is 12.5 Å². The third-order valence-electron chi connectivity index (χ3n) is 1.35. The maximum atomic E-state index is 3.45. The molecule has 0 heterocycles. The van der Waals surface area contributed by atoms with Crippen molar-refractivity contribution in [3.8, 4) is 0 Å². The fourth-order valence-electron chi connectivity index (χ4n) is 0.808. The highest BCUT2D eigenvalue weighted by molar-refractivity contribution is 9.09. The topological polar surface area (TPSA) is 0 Å². The number of hydrogen-bond donors (Lipinski definition) is 0. The third-order valence-corrected chi connectivity index (χ3v) is 1.66. The molecular formula is C10H11Br. The zero-order chi connectivity index (χ0) is 8.10. The lowest BCUT2D eigenvalue weighted by molar-refractivity contribution is 1.28. The van der Waals surface area contributed by atoms with Gasteiger partial charge in [-0.3, -0.25) is 0 Å². The maximum Gasteiger partial charge on any atom is 0.0300 e. The first-order valence-corrected chi connectivity index (χ1v) is 4.58. The first-order valence-electron chi connectivity index (χ1n) is 3.66. The summed E-state index contributed by atoms with van der Waals surface area (Å²) in [6, 6.07) is 10.3. The van der Waals surface area contributed by atoms with Gasteiger partial charge in [-0.15, -0.1) is 0 Å². The van der Waals surface area contributed by atoms with Crippen LogP contribution in [0.2, 0.25) is 0 Å². The van der Waals surface area contributed by atoms with E-state index in [1.165, 1.54) is 5.56 Å². The van der Waals surface area contributed by atoms with E-state index in [2.05, 4.69) is 47.1 Å². The van der Waals surface area contributed by atoms with Gasteiger partial charge < -0.3 is 0 Å². The molecule has 0 aliphatic heterocycles. The van der Waals surface area contributed by atoms with E-state index in [1.807, 2.05) is 18.2 Å². The van der Waals surface area contributed by atoms with Crippen LogP contribution < -0.4 is 0 Å². The van der Waals surface area contributed by atoms with E-state index in [0.717, 1.165) is 0 Å². The molecule has 0 amide bonds. The van der Waals surface area contributed by atoms with Crippen LogP contribution >= 0.6 is 15.9 Å². The van der Waals surface area contributed by atoms with Gasteiger partial charge in [-0.05, 0) is 12.5 Å². The zero-order valence-corrected chi connectivity index (χ0v) is 8.08. The molecule has 1 aromatic carbocycles. The van der Waals surface area contributed by atoms with Crippen molar-refractivity contribution in [3.05, 3.63) is 42.0 Å². The van der Waals surface area contributed by atoms with E-state index in [0.29, 0.717) is 4.83 Å². The van der Waals surface area contributed by atoms with Crippen LogP contribution in [0.25, 0.3) is 6.08 Å². The largest absolute Gasteiger partial charge is 0.0848 e. The number of hydrogen-bond acceptors (Lipinski definition) is 0. The number of rotatable bonds is 2. The average Bonchev–Trinajstić information content (AvgIpc) is 2.03. The molecule has 0 radical (unpaired) electrons. The molecule has 58 valence electrons. The highest BCUT2D eigenvalue weighted by Gasteiger charge is 1.86. The van der Waals surface area contributed by atoms with Gasteiger partial charge in [0.15, 0.2) is 0 Å². The molecule has 1 heteroatoms. The first kappa shape index (κ1) is 8.54. The van der Waals surface area contributed by atoms with Gasteiger partial charge in [0.05, 0.1) is 0 Å². The van der Waals surface area contributed by atoms with Crippen LogP contribution in [0.5, 0.6) is 0 Å². The Balaban J connectivity index is 2.65. The second kappa shape index (κ2) is 4.35. The van der Waals surface area contributed by atoms with E-state index >= 15 is 0 Å². The standard InChI is InChI=1S/C10H11Br/c1-9(11)7-8-10-5-3-2-4-6-10/h2-9H,1H3. The van der Waals surface area contributed by atoms with Crippen molar-refractivity contribution < 1.29 is 0 Å². The summed E-state index contributed by atoms with van der Waals surface area (Å²) < 4.78 is 0. The van der Waals surface area contributed by atoms with Crippen LogP contribution in [0.15, 0.2) is 36.4 Å². The van der Waals surface area contributed by atoms with Gasteiger partial charge in [0.25, 0.3) is 0 Å². The number of allylic oxidation sites excluding steroid dienone is 1. The van der Waals surface area contributed by atoms with Crippen LogP contribution in [0.4, 0.5) is 0 Å². The van der Waals surface area contributed by atoms with Gasteiger partial charge in [-0.1, -0.05) is 58.4 Å². The monoisotopic (exact) mass is 210 g/mol. The maximum absolute atomic E-state index is 3.45. The van der Waals surface area contributed by atoms with Gasteiger partial charge in [0.2, 0.25) is 0 Å². The Morgan fingerprint density at radius 1 is 1.27 bits per heavy atom.